The average molecular weight is 386 g/mol. The third-order valence-corrected chi connectivity index (χ3v) is 4.93. The van der Waals surface area contributed by atoms with Crippen molar-refractivity contribution in [3.63, 3.8) is 0 Å². The van der Waals surface area contributed by atoms with Crippen LogP contribution in [0.1, 0.15) is 64.2 Å². The number of aliphatic hydroxyl groups is 1. The zero-order valence-corrected chi connectivity index (χ0v) is 15.9. The van der Waals surface area contributed by atoms with E-state index >= 15 is 0 Å². The molecule has 1 heterocycles. The maximum Gasteiger partial charge on any atom is 0.287 e. The smallest absolute Gasteiger partial charge is 0.287 e. The number of carbonyl (C=O) groups excluding carboxylic acids is 2. The third-order valence-electron chi connectivity index (χ3n) is 4.93. The van der Waals surface area contributed by atoms with E-state index in [0.717, 1.165) is 0 Å². The maximum absolute atomic E-state index is 12.5. The van der Waals surface area contributed by atoms with Gasteiger partial charge in [0.2, 0.25) is 0 Å². The predicted molar refractivity (Wildman–Crippen MR) is 100 cm³/mol. The molecule has 8 nitrogen and oxygen atoms in total. The molecule has 28 heavy (non-hydrogen) atoms. The molecule has 2 aromatic rings. The molecule has 0 bridgehead atoms. The zero-order chi connectivity index (χ0) is 20.6. The molecule has 0 spiro atoms. The molecule has 1 aromatic heterocycles. The second-order valence-electron chi connectivity index (χ2n) is 7.87. The van der Waals surface area contributed by atoms with Crippen molar-refractivity contribution in [2.45, 2.75) is 39.7 Å². The summed E-state index contributed by atoms with van der Waals surface area (Å²) in [6.07, 6.45) is -0.0521. The van der Waals surface area contributed by atoms with Crippen LogP contribution in [0.2, 0.25) is 0 Å². The average Bonchev–Trinajstić information content (AvgIpc) is 2.94. The fourth-order valence-electron chi connectivity index (χ4n) is 3.51. The summed E-state index contributed by atoms with van der Waals surface area (Å²) >= 11 is 0. The van der Waals surface area contributed by atoms with Crippen LogP contribution in [0.25, 0.3) is 0 Å². The van der Waals surface area contributed by atoms with Gasteiger partial charge >= 0.3 is 0 Å². The van der Waals surface area contributed by atoms with Gasteiger partial charge in [0.1, 0.15) is 5.76 Å². The molecular weight excluding hydrogens is 364 g/mol. The Hall–Kier alpha value is -3.00. The van der Waals surface area contributed by atoms with Gasteiger partial charge in [-0.2, -0.15) is 0 Å². The Balaban J connectivity index is 1.70. The van der Waals surface area contributed by atoms with Crippen molar-refractivity contribution in [2.24, 2.45) is 5.41 Å². The van der Waals surface area contributed by atoms with Crippen LogP contribution in [-0.2, 0) is 6.42 Å². The molecular formula is C20H22N2O6. The predicted octanol–water partition coefficient (Wildman–Crippen LogP) is 3.11. The van der Waals surface area contributed by atoms with E-state index in [1.165, 1.54) is 24.3 Å². The topological polar surface area (TPSA) is 123 Å². The number of ketones is 1. The molecule has 1 atom stereocenters. The SMILES string of the molecule is Cc1c(C(=O)NCC(O)c2ccc([N+](=O)[O-])cc2)oc2c1C(=O)CC(C)(C)C2. The summed E-state index contributed by atoms with van der Waals surface area (Å²) in [6.45, 7) is 5.54. The van der Waals surface area contributed by atoms with Crippen molar-refractivity contribution >= 4 is 17.4 Å². The molecule has 1 aromatic carbocycles. The summed E-state index contributed by atoms with van der Waals surface area (Å²) in [4.78, 5) is 35.1. The van der Waals surface area contributed by atoms with Gasteiger partial charge in [-0.1, -0.05) is 13.8 Å². The highest BCUT2D eigenvalue weighted by atomic mass is 16.6. The normalized spacial score (nSPS) is 16.4. The number of aliphatic hydroxyl groups excluding tert-OH is 1. The van der Waals surface area contributed by atoms with Crippen molar-refractivity contribution in [3.05, 3.63) is 62.6 Å². The highest BCUT2D eigenvalue weighted by Crippen LogP contribution is 2.38. The molecule has 1 unspecified atom stereocenters. The standard InChI is InChI=1S/C20H22N2O6/c1-11-17-14(23)8-20(2,3)9-16(17)28-18(11)19(25)21-10-15(24)12-4-6-13(7-5-12)22(26)27/h4-7,15,24H,8-10H2,1-3H3,(H,21,25). The van der Waals surface area contributed by atoms with Gasteiger partial charge < -0.3 is 14.8 Å². The van der Waals surface area contributed by atoms with E-state index in [-0.39, 0.29) is 29.2 Å². The van der Waals surface area contributed by atoms with Crippen LogP contribution >= 0.6 is 0 Å². The molecule has 0 saturated heterocycles. The first kappa shape index (κ1) is 19.8. The fourth-order valence-corrected chi connectivity index (χ4v) is 3.51. The number of hydrogen-bond acceptors (Lipinski definition) is 6. The number of hydrogen-bond donors (Lipinski definition) is 2. The van der Waals surface area contributed by atoms with Crippen LogP contribution in [0.4, 0.5) is 5.69 Å². The number of nitro benzene ring substituents is 1. The number of nitro groups is 1. The van der Waals surface area contributed by atoms with E-state index in [4.69, 9.17) is 4.42 Å². The monoisotopic (exact) mass is 386 g/mol. The molecule has 0 radical (unpaired) electrons. The summed E-state index contributed by atoms with van der Waals surface area (Å²) in [5.41, 5.74) is 1.15. The Morgan fingerprint density at radius 1 is 1.32 bits per heavy atom. The number of amides is 1. The van der Waals surface area contributed by atoms with Crippen molar-refractivity contribution in [2.75, 3.05) is 6.54 Å². The molecule has 1 aliphatic rings. The van der Waals surface area contributed by atoms with Gasteiger partial charge in [0.15, 0.2) is 11.5 Å². The van der Waals surface area contributed by atoms with E-state index in [1.54, 1.807) is 6.92 Å². The second-order valence-corrected chi connectivity index (χ2v) is 7.87. The minimum atomic E-state index is -1.03. The maximum atomic E-state index is 12.5. The van der Waals surface area contributed by atoms with E-state index in [1.807, 2.05) is 13.8 Å². The first-order chi connectivity index (χ1) is 13.1. The first-order valence-corrected chi connectivity index (χ1v) is 8.95. The minimum absolute atomic E-state index is 0.0301. The quantitative estimate of drug-likeness (QED) is 0.601. The second kappa shape index (κ2) is 7.20. The van der Waals surface area contributed by atoms with Gasteiger partial charge in [0.25, 0.3) is 11.6 Å². The van der Waals surface area contributed by atoms with Crippen molar-refractivity contribution < 1.29 is 24.0 Å². The number of benzene rings is 1. The number of furan rings is 1. The Morgan fingerprint density at radius 3 is 2.57 bits per heavy atom. The zero-order valence-electron chi connectivity index (χ0n) is 15.9. The molecule has 8 heteroatoms. The van der Waals surface area contributed by atoms with E-state index in [2.05, 4.69) is 5.32 Å². The minimum Gasteiger partial charge on any atom is -0.455 e. The number of nitrogens with zero attached hydrogens (tertiary/aromatic N) is 1. The van der Waals surface area contributed by atoms with Gasteiger partial charge in [-0.05, 0) is 30.0 Å². The van der Waals surface area contributed by atoms with Crippen molar-refractivity contribution in [1.82, 2.24) is 5.32 Å². The number of fused-ring (bicyclic) bond motifs is 1. The van der Waals surface area contributed by atoms with E-state index in [0.29, 0.717) is 35.3 Å². The van der Waals surface area contributed by atoms with E-state index in [9.17, 15) is 24.8 Å². The fraction of sp³-hybridized carbons (Fsp3) is 0.400. The van der Waals surface area contributed by atoms with Crippen LogP contribution in [0.15, 0.2) is 28.7 Å². The Kier molecular flexibility index (Phi) is 5.08. The Labute approximate surface area is 161 Å². The summed E-state index contributed by atoms with van der Waals surface area (Å²) in [7, 11) is 0. The van der Waals surface area contributed by atoms with Crippen LogP contribution < -0.4 is 5.32 Å². The summed E-state index contributed by atoms with van der Waals surface area (Å²) < 4.78 is 5.70. The molecule has 1 aliphatic carbocycles. The van der Waals surface area contributed by atoms with Crippen LogP contribution in [-0.4, -0.2) is 28.3 Å². The lowest BCUT2D eigenvalue weighted by molar-refractivity contribution is -0.384. The molecule has 3 rings (SSSR count). The number of non-ortho nitro benzene ring substituents is 1. The molecule has 148 valence electrons. The summed E-state index contributed by atoms with van der Waals surface area (Å²) in [6, 6.07) is 5.45. The lowest BCUT2D eigenvalue weighted by atomic mass is 9.76. The Morgan fingerprint density at radius 2 is 1.96 bits per heavy atom. The van der Waals surface area contributed by atoms with Crippen molar-refractivity contribution in [3.8, 4) is 0 Å². The van der Waals surface area contributed by atoms with Gasteiger partial charge in [-0.15, -0.1) is 0 Å². The highest BCUT2D eigenvalue weighted by Gasteiger charge is 2.37. The first-order valence-electron chi connectivity index (χ1n) is 8.95. The summed E-state index contributed by atoms with van der Waals surface area (Å²) in [5.74, 6) is 0.0581. The largest absolute Gasteiger partial charge is 0.455 e. The summed E-state index contributed by atoms with van der Waals surface area (Å²) in [5, 5.41) is 23.5. The van der Waals surface area contributed by atoms with E-state index < -0.39 is 16.9 Å². The highest BCUT2D eigenvalue weighted by molar-refractivity contribution is 6.03. The van der Waals surface area contributed by atoms with Gasteiger partial charge in [-0.25, -0.2) is 0 Å². The van der Waals surface area contributed by atoms with Gasteiger partial charge in [-0.3, -0.25) is 19.7 Å². The van der Waals surface area contributed by atoms with Crippen LogP contribution in [0.5, 0.6) is 0 Å². The number of rotatable bonds is 5. The lowest BCUT2D eigenvalue weighted by Crippen LogP contribution is -2.28. The lowest BCUT2D eigenvalue weighted by Gasteiger charge is -2.27. The molecule has 0 saturated carbocycles. The number of Topliss-reactive ketones (excluding diaryl/α,β-unsaturated/α-hetero) is 1. The van der Waals surface area contributed by atoms with Crippen molar-refractivity contribution in [1.29, 1.82) is 0 Å². The van der Waals surface area contributed by atoms with Gasteiger partial charge in [0, 0.05) is 37.1 Å². The molecule has 1 amide bonds. The Bertz CT molecular complexity index is 942. The third kappa shape index (κ3) is 3.82. The molecule has 0 aliphatic heterocycles. The van der Waals surface area contributed by atoms with Crippen LogP contribution in [0.3, 0.4) is 0 Å². The molecule has 2 N–H and O–H groups in total. The molecule has 0 fully saturated rings. The van der Waals surface area contributed by atoms with Crippen LogP contribution in [0, 0.1) is 22.5 Å². The number of nitrogens with one attached hydrogen (secondary N) is 1. The van der Waals surface area contributed by atoms with Gasteiger partial charge in [0.05, 0.1) is 16.6 Å². The number of carbonyl (C=O) groups is 2.